The fourth-order valence-corrected chi connectivity index (χ4v) is 1.13. The predicted molar refractivity (Wildman–Crippen MR) is 49.6 cm³/mol. The van der Waals surface area contributed by atoms with Gasteiger partial charge < -0.3 is 10.5 Å². The van der Waals surface area contributed by atoms with Gasteiger partial charge in [-0.3, -0.25) is 0 Å². The fraction of sp³-hybridized carbons (Fsp3) is 0.286. The van der Waals surface area contributed by atoms with Crippen molar-refractivity contribution in [2.45, 2.75) is 5.16 Å². The maximum Gasteiger partial charge on any atom is 0.356 e. The largest absolute Gasteiger partial charge is 0.464 e. The Labute approximate surface area is 79.7 Å². The van der Waals surface area contributed by atoms with Crippen molar-refractivity contribution in [3.63, 3.8) is 0 Å². The monoisotopic (exact) mass is 199 g/mol. The quantitative estimate of drug-likeness (QED) is 0.426. The number of esters is 1. The lowest BCUT2D eigenvalue weighted by molar-refractivity contribution is 0.0593. The summed E-state index contributed by atoms with van der Waals surface area (Å²) in [6.07, 6.45) is 1.80. The number of aromatic nitrogens is 2. The van der Waals surface area contributed by atoms with Crippen molar-refractivity contribution < 1.29 is 9.53 Å². The zero-order valence-electron chi connectivity index (χ0n) is 7.27. The average molecular weight is 199 g/mol. The molecule has 0 aliphatic rings. The molecule has 6 heteroatoms. The number of hydrogen-bond acceptors (Lipinski definition) is 6. The number of thioether (sulfide) groups is 1. The smallest absolute Gasteiger partial charge is 0.356 e. The highest BCUT2D eigenvalue weighted by Gasteiger charge is 2.09. The molecular formula is C7H9N3O2S. The van der Waals surface area contributed by atoms with Gasteiger partial charge >= 0.3 is 5.97 Å². The highest BCUT2D eigenvalue weighted by atomic mass is 32.2. The number of carbonyl (C=O) groups excluding carboxylic acids is 1. The normalized spacial score (nSPS) is 9.69. The van der Waals surface area contributed by atoms with Crippen LogP contribution in [0.1, 0.15) is 10.5 Å². The topological polar surface area (TPSA) is 78.1 Å². The summed E-state index contributed by atoms with van der Waals surface area (Å²) in [5.41, 5.74) is 5.64. The summed E-state index contributed by atoms with van der Waals surface area (Å²) in [6, 6.07) is 1.38. The Hall–Kier alpha value is -1.30. The third-order valence-electron chi connectivity index (χ3n) is 1.30. The van der Waals surface area contributed by atoms with Gasteiger partial charge in [0.05, 0.1) is 7.11 Å². The van der Waals surface area contributed by atoms with Crippen molar-refractivity contribution in [3.05, 3.63) is 11.8 Å². The first-order valence-electron chi connectivity index (χ1n) is 3.44. The Bertz CT molecular complexity index is 330. The van der Waals surface area contributed by atoms with Crippen LogP contribution in [-0.2, 0) is 4.74 Å². The second kappa shape index (κ2) is 4.08. The van der Waals surface area contributed by atoms with Crippen molar-refractivity contribution in [1.29, 1.82) is 0 Å². The van der Waals surface area contributed by atoms with Crippen molar-refractivity contribution >= 4 is 23.5 Å². The highest BCUT2D eigenvalue weighted by molar-refractivity contribution is 7.98. The van der Waals surface area contributed by atoms with E-state index in [2.05, 4.69) is 14.7 Å². The van der Waals surface area contributed by atoms with Crippen molar-refractivity contribution in [2.75, 3.05) is 19.1 Å². The third kappa shape index (κ3) is 2.32. The van der Waals surface area contributed by atoms with Crippen molar-refractivity contribution in [3.8, 4) is 0 Å². The molecular weight excluding hydrogens is 190 g/mol. The summed E-state index contributed by atoms with van der Waals surface area (Å²) in [5, 5.41) is 0.459. The molecule has 0 spiro atoms. The molecule has 0 unspecified atom stereocenters. The van der Waals surface area contributed by atoms with E-state index in [0.717, 1.165) is 0 Å². The van der Waals surface area contributed by atoms with E-state index >= 15 is 0 Å². The number of hydrogen-bond donors (Lipinski definition) is 1. The van der Waals surface area contributed by atoms with Gasteiger partial charge in [-0.05, 0) is 6.26 Å². The fourth-order valence-electron chi connectivity index (χ4n) is 0.744. The molecule has 1 aromatic rings. The molecule has 0 fully saturated rings. The van der Waals surface area contributed by atoms with Crippen molar-refractivity contribution in [1.82, 2.24) is 9.97 Å². The third-order valence-corrected chi connectivity index (χ3v) is 1.85. The molecule has 13 heavy (non-hydrogen) atoms. The zero-order valence-corrected chi connectivity index (χ0v) is 8.09. The molecule has 0 aliphatic heterocycles. The number of nitrogens with two attached hydrogens (primary N) is 1. The SMILES string of the molecule is COC(=O)c1cc(N)nc(SC)n1. The van der Waals surface area contributed by atoms with E-state index in [-0.39, 0.29) is 11.5 Å². The molecule has 0 aliphatic carbocycles. The van der Waals surface area contributed by atoms with Gasteiger partial charge in [0, 0.05) is 6.07 Å². The van der Waals surface area contributed by atoms with Crippen LogP contribution in [0.25, 0.3) is 0 Å². The molecule has 1 heterocycles. The van der Waals surface area contributed by atoms with Crippen LogP contribution >= 0.6 is 11.8 Å². The molecule has 1 aromatic heterocycles. The Morgan fingerprint density at radius 1 is 1.62 bits per heavy atom. The Morgan fingerprint density at radius 2 is 2.31 bits per heavy atom. The van der Waals surface area contributed by atoms with Gasteiger partial charge in [0.2, 0.25) is 0 Å². The first kappa shape index (κ1) is 9.79. The van der Waals surface area contributed by atoms with E-state index in [1.54, 1.807) is 6.26 Å². The van der Waals surface area contributed by atoms with Crippen LogP contribution in [0, 0.1) is 0 Å². The van der Waals surface area contributed by atoms with E-state index in [1.807, 2.05) is 0 Å². The molecule has 0 saturated heterocycles. The summed E-state index contributed by atoms with van der Waals surface area (Å²) in [4.78, 5) is 18.9. The second-order valence-corrected chi connectivity index (χ2v) is 2.93. The molecule has 0 atom stereocenters. The van der Waals surface area contributed by atoms with Gasteiger partial charge in [-0.25, -0.2) is 14.8 Å². The lowest BCUT2D eigenvalue weighted by atomic mass is 10.4. The van der Waals surface area contributed by atoms with Crippen LogP contribution in [0.2, 0.25) is 0 Å². The Balaban J connectivity index is 3.08. The maximum atomic E-state index is 11.1. The van der Waals surface area contributed by atoms with E-state index in [0.29, 0.717) is 5.16 Å². The summed E-state index contributed by atoms with van der Waals surface area (Å²) in [7, 11) is 1.29. The average Bonchev–Trinajstić information content (AvgIpc) is 2.15. The van der Waals surface area contributed by atoms with E-state index in [4.69, 9.17) is 5.73 Å². The second-order valence-electron chi connectivity index (χ2n) is 2.16. The van der Waals surface area contributed by atoms with Gasteiger partial charge in [0.1, 0.15) is 5.82 Å². The molecule has 0 bridgehead atoms. The minimum absolute atomic E-state index is 0.180. The number of ether oxygens (including phenoxy) is 1. The van der Waals surface area contributed by atoms with Crippen LogP contribution < -0.4 is 5.73 Å². The lowest BCUT2D eigenvalue weighted by Gasteiger charge is -2.01. The number of rotatable bonds is 2. The maximum absolute atomic E-state index is 11.1. The minimum atomic E-state index is -0.510. The first-order valence-corrected chi connectivity index (χ1v) is 4.66. The van der Waals surface area contributed by atoms with Gasteiger partial charge in [0.15, 0.2) is 10.9 Å². The molecule has 5 nitrogen and oxygen atoms in total. The molecule has 0 aromatic carbocycles. The minimum Gasteiger partial charge on any atom is -0.464 e. The van der Waals surface area contributed by atoms with Gasteiger partial charge in [0.25, 0.3) is 0 Å². The Kier molecular flexibility index (Phi) is 3.07. The number of anilines is 1. The van der Waals surface area contributed by atoms with Crippen molar-refractivity contribution in [2.24, 2.45) is 0 Å². The number of nitrogen functional groups attached to an aromatic ring is 1. The molecule has 70 valence electrons. The van der Waals surface area contributed by atoms with Crippen LogP contribution in [0.4, 0.5) is 5.82 Å². The van der Waals surface area contributed by atoms with E-state index in [9.17, 15) is 4.79 Å². The van der Waals surface area contributed by atoms with Crippen LogP contribution in [0.5, 0.6) is 0 Å². The van der Waals surface area contributed by atoms with Gasteiger partial charge in [-0.1, -0.05) is 11.8 Å². The summed E-state index contributed by atoms with van der Waals surface area (Å²) in [6.45, 7) is 0. The summed E-state index contributed by atoms with van der Waals surface area (Å²) in [5.74, 6) is -0.246. The van der Waals surface area contributed by atoms with Crippen LogP contribution in [0.3, 0.4) is 0 Å². The number of nitrogens with zero attached hydrogens (tertiary/aromatic N) is 2. The molecule has 0 amide bonds. The highest BCUT2D eigenvalue weighted by Crippen LogP contribution is 2.12. The number of carbonyl (C=O) groups is 1. The predicted octanol–water partition coefficient (Wildman–Crippen LogP) is 0.567. The number of methoxy groups -OCH3 is 1. The summed E-state index contributed by atoms with van der Waals surface area (Å²) >= 11 is 1.32. The molecule has 1 rings (SSSR count). The zero-order chi connectivity index (χ0) is 9.84. The molecule has 0 saturated carbocycles. The van der Waals surface area contributed by atoms with Crippen LogP contribution in [0.15, 0.2) is 11.2 Å². The molecule has 2 N–H and O–H groups in total. The Morgan fingerprint density at radius 3 is 2.85 bits per heavy atom. The first-order chi connectivity index (χ1) is 6.17. The van der Waals surface area contributed by atoms with Crippen LogP contribution in [-0.4, -0.2) is 29.3 Å². The lowest BCUT2D eigenvalue weighted by Crippen LogP contribution is -2.07. The van der Waals surface area contributed by atoms with E-state index in [1.165, 1.54) is 24.9 Å². The van der Waals surface area contributed by atoms with Gasteiger partial charge in [-0.15, -0.1) is 0 Å². The van der Waals surface area contributed by atoms with E-state index < -0.39 is 5.97 Å². The molecule has 0 radical (unpaired) electrons. The van der Waals surface area contributed by atoms with Gasteiger partial charge in [-0.2, -0.15) is 0 Å². The standard InChI is InChI=1S/C7H9N3O2S/c1-12-6(11)4-3-5(8)10-7(9-4)13-2/h3H,1-2H3,(H2,8,9,10). The summed E-state index contributed by atoms with van der Waals surface area (Å²) < 4.78 is 4.50.